The van der Waals surface area contributed by atoms with Crippen molar-refractivity contribution in [2.24, 2.45) is 0 Å². The summed E-state index contributed by atoms with van der Waals surface area (Å²) in [7, 11) is 0. The molecule has 0 fully saturated rings. The van der Waals surface area contributed by atoms with Crippen LogP contribution in [0.2, 0.25) is 0 Å². The Kier molecular flexibility index (Phi) is 4.96. The first-order valence-electron chi connectivity index (χ1n) is 6.47. The molecule has 2 nitrogen and oxygen atoms in total. The molecule has 0 aliphatic heterocycles. The lowest BCUT2D eigenvalue weighted by Crippen LogP contribution is -2.10. The van der Waals surface area contributed by atoms with E-state index in [1.807, 2.05) is 5.32 Å². The SMILES string of the molecule is O=C(/C=C/c1ccc(C(F)(F)F)cc1)Nc1cc(F)c(F)cc1F. The monoisotopic (exact) mass is 345 g/mol. The number of anilines is 1. The maximum Gasteiger partial charge on any atom is 0.416 e. The van der Waals surface area contributed by atoms with Crippen LogP contribution in [0.15, 0.2) is 42.5 Å². The van der Waals surface area contributed by atoms with Gasteiger partial charge in [0.2, 0.25) is 5.91 Å². The molecule has 0 radical (unpaired) electrons. The second-order valence-corrected chi connectivity index (χ2v) is 4.69. The summed E-state index contributed by atoms with van der Waals surface area (Å²) >= 11 is 0. The van der Waals surface area contributed by atoms with Crippen LogP contribution in [0, 0.1) is 17.5 Å². The topological polar surface area (TPSA) is 29.1 Å². The zero-order valence-corrected chi connectivity index (χ0v) is 11.8. The molecule has 0 bridgehead atoms. The van der Waals surface area contributed by atoms with Gasteiger partial charge in [-0.1, -0.05) is 12.1 Å². The highest BCUT2D eigenvalue weighted by Crippen LogP contribution is 2.29. The highest BCUT2D eigenvalue weighted by atomic mass is 19.4. The Morgan fingerprint density at radius 3 is 2.08 bits per heavy atom. The molecule has 0 saturated heterocycles. The van der Waals surface area contributed by atoms with Crippen molar-refractivity contribution in [1.29, 1.82) is 0 Å². The lowest BCUT2D eigenvalue weighted by atomic mass is 10.1. The summed E-state index contributed by atoms with van der Waals surface area (Å²) in [5, 5.41) is 2.00. The van der Waals surface area contributed by atoms with Crippen LogP contribution >= 0.6 is 0 Å². The van der Waals surface area contributed by atoms with Crippen LogP contribution in [-0.2, 0) is 11.0 Å². The third kappa shape index (κ3) is 4.37. The highest BCUT2D eigenvalue weighted by molar-refractivity contribution is 6.02. The van der Waals surface area contributed by atoms with E-state index < -0.39 is 40.8 Å². The standard InChI is InChI=1S/C16H9F6NO/c17-11-7-13(19)14(8-12(11)18)23-15(24)6-3-9-1-4-10(5-2-9)16(20,21)22/h1-8H,(H,23,24)/b6-3+. The molecular weight excluding hydrogens is 336 g/mol. The van der Waals surface area contributed by atoms with Crippen LogP contribution in [0.3, 0.4) is 0 Å². The van der Waals surface area contributed by atoms with E-state index >= 15 is 0 Å². The fraction of sp³-hybridized carbons (Fsp3) is 0.0625. The number of carbonyl (C=O) groups is 1. The second-order valence-electron chi connectivity index (χ2n) is 4.69. The van der Waals surface area contributed by atoms with E-state index in [0.717, 1.165) is 30.3 Å². The van der Waals surface area contributed by atoms with Crippen molar-refractivity contribution in [3.05, 3.63) is 71.1 Å². The van der Waals surface area contributed by atoms with Crippen LogP contribution in [0.5, 0.6) is 0 Å². The molecule has 0 aliphatic carbocycles. The third-order valence-electron chi connectivity index (χ3n) is 2.93. The maximum absolute atomic E-state index is 13.4. The van der Waals surface area contributed by atoms with Gasteiger partial charge in [0, 0.05) is 18.2 Å². The molecule has 0 saturated carbocycles. The second kappa shape index (κ2) is 6.77. The minimum Gasteiger partial charge on any atom is -0.320 e. The summed E-state index contributed by atoms with van der Waals surface area (Å²) in [5.41, 5.74) is -1.10. The van der Waals surface area contributed by atoms with Crippen LogP contribution in [0.1, 0.15) is 11.1 Å². The molecule has 24 heavy (non-hydrogen) atoms. The molecule has 2 aromatic rings. The Bertz CT molecular complexity index is 780. The average Bonchev–Trinajstić information content (AvgIpc) is 2.50. The molecular formula is C16H9F6NO. The van der Waals surface area contributed by atoms with Crippen molar-refractivity contribution < 1.29 is 31.1 Å². The van der Waals surface area contributed by atoms with Crippen LogP contribution < -0.4 is 5.32 Å². The minimum atomic E-state index is -4.47. The zero-order chi connectivity index (χ0) is 17.9. The van der Waals surface area contributed by atoms with Gasteiger partial charge in [0.15, 0.2) is 11.6 Å². The van der Waals surface area contributed by atoms with Gasteiger partial charge in [-0.2, -0.15) is 13.2 Å². The van der Waals surface area contributed by atoms with Gasteiger partial charge >= 0.3 is 6.18 Å². The summed E-state index contributed by atoms with van der Waals surface area (Å²) in [6.07, 6.45) is -2.36. The number of carbonyl (C=O) groups excluding carboxylic acids is 1. The molecule has 2 rings (SSSR count). The van der Waals surface area contributed by atoms with E-state index in [0.29, 0.717) is 11.6 Å². The number of halogens is 6. The first kappa shape index (κ1) is 17.6. The average molecular weight is 345 g/mol. The lowest BCUT2D eigenvalue weighted by Gasteiger charge is -2.06. The molecule has 1 N–H and O–H groups in total. The van der Waals surface area contributed by atoms with Crippen LogP contribution in [-0.4, -0.2) is 5.91 Å². The molecule has 1 amide bonds. The molecule has 0 heterocycles. The number of rotatable bonds is 3. The van der Waals surface area contributed by atoms with Crippen molar-refractivity contribution in [1.82, 2.24) is 0 Å². The van der Waals surface area contributed by atoms with Gasteiger partial charge in [0.05, 0.1) is 11.3 Å². The minimum absolute atomic E-state index is 0.282. The predicted octanol–water partition coefficient (Wildman–Crippen LogP) is 4.77. The Labute approximate surface area is 132 Å². The molecule has 0 aliphatic rings. The summed E-state index contributed by atoms with van der Waals surface area (Å²) in [6, 6.07) is 4.73. The highest BCUT2D eigenvalue weighted by Gasteiger charge is 2.29. The molecule has 2 aromatic carbocycles. The van der Waals surface area contributed by atoms with Gasteiger partial charge in [-0.15, -0.1) is 0 Å². The van der Waals surface area contributed by atoms with E-state index in [9.17, 15) is 31.1 Å². The molecule has 8 heteroatoms. The number of amides is 1. The molecule has 0 unspecified atom stereocenters. The smallest absolute Gasteiger partial charge is 0.320 e. The van der Waals surface area contributed by atoms with Gasteiger partial charge in [-0.3, -0.25) is 4.79 Å². The predicted molar refractivity (Wildman–Crippen MR) is 75.4 cm³/mol. The van der Waals surface area contributed by atoms with Gasteiger partial charge in [-0.25, -0.2) is 13.2 Å². The Hall–Kier alpha value is -2.77. The van der Waals surface area contributed by atoms with Crippen LogP contribution in [0.25, 0.3) is 6.08 Å². The van der Waals surface area contributed by atoms with Gasteiger partial charge < -0.3 is 5.32 Å². The number of alkyl halides is 3. The third-order valence-corrected chi connectivity index (χ3v) is 2.93. The number of hydrogen-bond acceptors (Lipinski definition) is 1. The van der Waals surface area contributed by atoms with Crippen molar-refractivity contribution in [2.45, 2.75) is 6.18 Å². The fourth-order valence-electron chi connectivity index (χ4n) is 1.75. The first-order valence-corrected chi connectivity index (χ1v) is 6.47. The van der Waals surface area contributed by atoms with E-state index in [1.54, 1.807) is 0 Å². The summed E-state index contributed by atoms with van der Waals surface area (Å²) in [6.45, 7) is 0. The van der Waals surface area contributed by atoms with Gasteiger partial charge in [0.25, 0.3) is 0 Å². The summed E-state index contributed by atoms with van der Waals surface area (Å²) < 4.78 is 76.3. The first-order chi connectivity index (χ1) is 11.2. The molecule has 0 spiro atoms. The van der Waals surface area contributed by atoms with Crippen molar-refractivity contribution in [2.75, 3.05) is 5.32 Å². The fourth-order valence-corrected chi connectivity index (χ4v) is 1.75. The van der Waals surface area contributed by atoms with Crippen molar-refractivity contribution >= 4 is 17.7 Å². The van der Waals surface area contributed by atoms with E-state index in [2.05, 4.69) is 0 Å². The number of benzene rings is 2. The van der Waals surface area contributed by atoms with Gasteiger partial charge in [0.1, 0.15) is 5.82 Å². The Morgan fingerprint density at radius 1 is 0.917 bits per heavy atom. The van der Waals surface area contributed by atoms with Crippen molar-refractivity contribution in [3.8, 4) is 0 Å². The lowest BCUT2D eigenvalue weighted by molar-refractivity contribution is -0.137. The molecule has 0 atom stereocenters. The Balaban J connectivity index is 2.07. The molecule has 126 valence electrons. The maximum atomic E-state index is 13.4. The normalized spacial score (nSPS) is 11.8. The van der Waals surface area contributed by atoms with Gasteiger partial charge in [-0.05, 0) is 23.8 Å². The van der Waals surface area contributed by atoms with E-state index in [1.165, 1.54) is 6.08 Å². The Morgan fingerprint density at radius 2 is 1.50 bits per heavy atom. The molecule has 0 aromatic heterocycles. The summed E-state index contributed by atoms with van der Waals surface area (Å²) in [5.74, 6) is -4.76. The zero-order valence-electron chi connectivity index (χ0n) is 11.8. The van der Waals surface area contributed by atoms with E-state index in [-0.39, 0.29) is 6.07 Å². The quantitative estimate of drug-likeness (QED) is 0.484. The van der Waals surface area contributed by atoms with Crippen LogP contribution in [0.4, 0.5) is 32.0 Å². The number of hydrogen-bond donors (Lipinski definition) is 1. The van der Waals surface area contributed by atoms with Crippen molar-refractivity contribution in [3.63, 3.8) is 0 Å². The van der Waals surface area contributed by atoms with E-state index in [4.69, 9.17) is 0 Å². The largest absolute Gasteiger partial charge is 0.416 e. The number of nitrogens with one attached hydrogen (secondary N) is 1. The summed E-state index contributed by atoms with van der Waals surface area (Å²) in [4.78, 5) is 11.6.